The largest absolute Gasteiger partial charge is 0.460 e. The van der Waals surface area contributed by atoms with Crippen LogP contribution in [-0.2, 0) is 23.8 Å². The lowest BCUT2D eigenvalue weighted by atomic mass is 9.75. The Morgan fingerprint density at radius 2 is 1.69 bits per heavy atom. The van der Waals surface area contributed by atoms with Crippen LogP contribution in [0.2, 0.25) is 0 Å². The molecule has 52 heavy (non-hydrogen) atoms. The van der Waals surface area contributed by atoms with Crippen LogP contribution in [-0.4, -0.2) is 79.5 Å². The van der Waals surface area contributed by atoms with E-state index in [1.165, 1.54) is 6.42 Å². The van der Waals surface area contributed by atoms with E-state index in [4.69, 9.17) is 18.6 Å². The van der Waals surface area contributed by atoms with E-state index in [-0.39, 0.29) is 41.4 Å². The molecule has 0 unspecified atom stereocenters. The van der Waals surface area contributed by atoms with Crippen molar-refractivity contribution in [3.05, 3.63) is 30.0 Å². The summed E-state index contributed by atoms with van der Waals surface area (Å²) >= 11 is 0. The smallest absolute Gasteiger partial charge is 0.407 e. The number of carbonyl (C=O) groups excluding carboxylic acids is 4. The fourth-order valence-electron chi connectivity index (χ4n) is 8.75. The number of halogens is 1. The minimum absolute atomic E-state index is 0.0155. The first kappa shape index (κ1) is 38.1. The average Bonchev–Trinajstić information content (AvgIpc) is 3.74. The first-order valence-electron chi connectivity index (χ1n) is 19.3. The van der Waals surface area contributed by atoms with Gasteiger partial charge < -0.3 is 34.2 Å². The summed E-state index contributed by atoms with van der Waals surface area (Å²) in [4.78, 5) is 55.3. The molecule has 3 aliphatic carbocycles. The lowest BCUT2D eigenvalue weighted by molar-refractivity contribution is -0.142. The first-order valence-corrected chi connectivity index (χ1v) is 19.3. The Balaban J connectivity index is 1.12. The quantitative estimate of drug-likeness (QED) is 0.229. The monoisotopic (exact) mass is 725 g/mol. The van der Waals surface area contributed by atoms with Gasteiger partial charge in [0.2, 0.25) is 17.6 Å². The Bertz CT molecular complexity index is 1570. The average molecular weight is 726 g/mol. The molecule has 3 amide bonds. The maximum Gasteiger partial charge on any atom is 0.407 e. The third kappa shape index (κ3) is 9.09. The number of fused-ring (bicyclic) bond motifs is 1. The molecule has 0 radical (unpaired) electrons. The number of carbonyl (C=O) groups is 4. The van der Waals surface area contributed by atoms with Gasteiger partial charge in [0, 0.05) is 30.6 Å². The van der Waals surface area contributed by atoms with E-state index in [1.807, 2.05) is 0 Å². The number of ether oxygens (including phenoxy) is 3. The lowest BCUT2D eigenvalue weighted by Crippen LogP contribution is -2.50. The van der Waals surface area contributed by atoms with Crippen molar-refractivity contribution in [1.82, 2.24) is 10.2 Å². The van der Waals surface area contributed by atoms with Gasteiger partial charge in [-0.25, -0.2) is 14.0 Å². The second-order valence-corrected chi connectivity index (χ2v) is 16.5. The van der Waals surface area contributed by atoms with Gasteiger partial charge in [0.25, 0.3) is 0 Å². The molecule has 3 saturated carbocycles. The SMILES string of the molecule is COC1CCC([C@@H]2CCN(C(=O)C3CCC([C@@H](CF)NC(=O)OC(C)(C)C)CC3)[C@@H]2C(=O)Nc2ccc3oc(C(=O)OCC4CCC4)cc3c2)CC1. The number of amides is 3. The van der Waals surface area contributed by atoms with Gasteiger partial charge in [-0.1, -0.05) is 6.42 Å². The molecule has 2 N–H and O–H groups in total. The number of esters is 1. The van der Waals surface area contributed by atoms with Gasteiger partial charge in [-0.3, -0.25) is 9.59 Å². The summed E-state index contributed by atoms with van der Waals surface area (Å²) in [5, 5.41) is 6.47. The third-order valence-corrected chi connectivity index (χ3v) is 11.9. The van der Waals surface area contributed by atoms with Crippen LogP contribution in [0.1, 0.15) is 108 Å². The number of nitrogens with one attached hydrogen (secondary N) is 2. The lowest BCUT2D eigenvalue weighted by Gasteiger charge is -2.38. The van der Waals surface area contributed by atoms with Gasteiger partial charge >= 0.3 is 12.1 Å². The highest BCUT2D eigenvalue weighted by molar-refractivity contribution is 6.00. The molecule has 2 aromatic rings. The number of nitrogens with zero attached hydrogens (tertiary/aromatic N) is 1. The summed E-state index contributed by atoms with van der Waals surface area (Å²) in [6.45, 7) is 5.48. The van der Waals surface area contributed by atoms with Crippen molar-refractivity contribution >= 4 is 40.5 Å². The van der Waals surface area contributed by atoms with Crippen molar-refractivity contribution in [2.75, 3.05) is 32.3 Å². The van der Waals surface area contributed by atoms with Crippen LogP contribution in [0.25, 0.3) is 11.0 Å². The van der Waals surface area contributed by atoms with E-state index in [0.29, 0.717) is 67.3 Å². The Morgan fingerprint density at radius 1 is 0.962 bits per heavy atom. The topological polar surface area (TPSA) is 136 Å². The van der Waals surface area contributed by atoms with Gasteiger partial charge in [0.05, 0.1) is 18.8 Å². The van der Waals surface area contributed by atoms with Crippen molar-refractivity contribution in [2.45, 2.75) is 122 Å². The van der Waals surface area contributed by atoms with E-state index in [0.717, 1.165) is 44.9 Å². The number of benzene rings is 1. The van der Waals surface area contributed by atoms with Gasteiger partial charge in [-0.15, -0.1) is 0 Å². The molecule has 11 nitrogen and oxygen atoms in total. The van der Waals surface area contributed by atoms with Crippen LogP contribution in [0, 0.1) is 29.6 Å². The van der Waals surface area contributed by atoms with Crippen molar-refractivity contribution < 1.29 is 42.2 Å². The minimum atomic E-state index is -0.708. The third-order valence-electron chi connectivity index (χ3n) is 11.9. The van der Waals surface area contributed by atoms with Gasteiger partial charge in [-0.05, 0) is 139 Å². The van der Waals surface area contributed by atoms with Crippen LogP contribution in [0.4, 0.5) is 14.9 Å². The molecule has 0 bridgehead atoms. The number of rotatable bonds is 11. The molecule has 4 fully saturated rings. The standard InChI is InChI=1S/C40H56FN3O8/c1-40(2,3)52-39(48)43-32(22-41)26-8-10-27(11-9-26)37(46)44-19-18-31(25-12-15-30(49-4)16-13-25)35(44)36(45)42-29-14-17-33-28(20-29)21-34(51-33)38(47)50-23-24-6-5-7-24/h14,17,20-21,24-27,30-32,35H,5-13,15-16,18-19,22-23H2,1-4H3,(H,42,45)(H,43,48)/t25?,26?,27?,30?,31-,32+,35-/m0/s1. The predicted octanol–water partition coefficient (Wildman–Crippen LogP) is 7.42. The normalized spacial score (nSPS) is 27.4. The summed E-state index contributed by atoms with van der Waals surface area (Å²) in [6, 6.07) is 5.61. The molecule has 6 rings (SSSR count). The highest BCUT2D eigenvalue weighted by Crippen LogP contribution is 2.42. The second-order valence-electron chi connectivity index (χ2n) is 16.5. The Labute approximate surface area is 306 Å². The number of hydrogen-bond acceptors (Lipinski definition) is 8. The zero-order valence-electron chi connectivity index (χ0n) is 31.1. The number of likely N-dealkylation sites (tertiary alicyclic amines) is 1. The van der Waals surface area contributed by atoms with Gasteiger partial charge in [0.15, 0.2) is 0 Å². The molecule has 1 aromatic heterocycles. The van der Waals surface area contributed by atoms with Crippen LogP contribution < -0.4 is 10.6 Å². The number of hydrogen-bond donors (Lipinski definition) is 2. The highest BCUT2D eigenvalue weighted by atomic mass is 19.1. The van der Waals surface area contributed by atoms with Crippen molar-refractivity contribution in [2.24, 2.45) is 29.6 Å². The maximum absolute atomic E-state index is 14.3. The fourth-order valence-corrected chi connectivity index (χ4v) is 8.75. The van der Waals surface area contributed by atoms with E-state index in [2.05, 4.69) is 10.6 Å². The highest BCUT2D eigenvalue weighted by Gasteiger charge is 2.47. The van der Waals surface area contributed by atoms with Crippen LogP contribution in [0.15, 0.2) is 28.7 Å². The van der Waals surface area contributed by atoms with Gasteiger partial charge in [-0.2, -0.15) is 0 Å². The van der Waals surface area contributed by atoms with E-state index in [1.54, 1.807) is 57.0 Å². The number of alkyl carbamates (subject to hydrolysis) is 1. The molecule has 1 aliphatic heterocycles. The molecule has 2 heterocycles. The van der Waals surface area contributed by atoms with Crippen LogP contribution in [0.5, 0.6) is 0 Å². The minimum Gasteiger partial charge on any atom is -0.460 e. The van der Waals surface area contributed by atoms with Crippen molar-refractivity contribution in [3.63, 3.8) is 0 Å². The Hall–Kier alpha value is -3.67. The molecule has 12 heteroatoms. The molecule has 286 valence electrons. The number of alkyl halides is 1. The summed E-state index contributed by atoms with van der Waals surface area (Å²) in [6.07, 6.45) is 9.71. The second kappa shape index (κ2) is 16.6. The molecular weight excluding hydrogens is 669 g/mol. The number of anilines is 1. The molecule has 0 spiro atoms. The summed E-state index contributed by atoms with van der Waals surface area (Å²) in [5.41, 5.74) is 0.392. The molecular formula is C40H56FN3O8. The van der Waals surface area contributed by atoms with Gasteiger partial charge in [0.1, 0.15) is 23.9 Å². The molecule has 3 atom stereocenters. The van der Waals surface area contributed by atoms with Crippen molar-refractivity contribution in [1.29, 1.82) is 0 Å². The van der Waals surface area contributed by atoms with E-state index < -0.39 is 36.4 Å². The summed E-state index contributed by atoms with van der Waals surface area (Å²) < 4.78 is 36.3. The Kier molecular flexibility index (Phi) is 12.1. The zero-order chi connectivity index (χ0) is 37.0. The zero-order valence-corrected chi connectivity index (χ0v) is 31.1. The first-order chi connectivity index (χ1) is 24.9. The molecule has 1 saturated heterocycles. The van der Waals surface area contributed by atoms with Crippen LogP contribution in [0.3, 0.4) is 0 Å². The number of methoxy groups -OCH3 is 1. The number of furan rings is 1. The van der Waals surface area contributed by atoms with E-state index in [9.17, 15) is 23.6 Å². The van der Waals surface area contributed by atoms with Crippen LogP contribution >= 0.6 is 0 Å². The molecule has 1 aromatic carbocycles. The van der Waals surface area contributed by atoms with E-state index >= 15 is 0 Å². The maximum atomic E-state index is 14.3. The summed E-state index contributed by atoms with van der Waals surface area (Å²) in [7, 11) is 1.74. The fraction of sp³-hybridized carbons (Fsp3) is 0.700. The van der Waals surface area contributed by atoms with Crippen molar-refractivity contribution in [3.8, 4) is 0 Å². The predicted molar refractivity (Wildman–Crippen MR) is 193 cm³/mol. The molecule has 4 aliphatic rings. The summed E-state index contributed by atoms with van der Waals surface area (Å²) in [5.74, 6) is -0.260. The Morgan fingerprint density at radius 3 is 2.33 bits per heavy atom.